The van der Waals surface area contributed by atoms with Gasteiger partial charge in [-0.15, -0.1) is 0 Å². The van der Waals surface area contributed by atoms with Crippen LogP contribution in [0.25, 0.3) is 11.0 Å². The van der Waals surface area contributed by atoms with Gasteiger partial charge in [0.25, 0.3) is 0 Å². The Bertz CT molecular complexity index is 1480. The molecule has 0 N–H and O–H groups in total. The Labute approximate surface area is 228 Å². The van der Waals surface area contributed by atoms with Crippen molar-refractivity contribution in [1.29, 1.82) is 0 Å². The number of carbonyl (C=O) groups excluding carboxylic acids is 1. The SMILES string of the molecule is C[Si](C)(C)CCOCn1cc(C(F)(F)F)c2c(Oc3c(F)cc(CC(=O)Oc4ccccc4)cc3F)ccnc21. The first-order chi connectivity index (χ1) is 18.8. The summed E-state index contributed by atoms with van der Waals surface area (Å²) in [6, 6.07) is 11.8. The van der Waals surface area contributed by atoms with Gasteiger partial charge < -0.3 is 18.8 Å². The van der Waals surface area contributed by atoms with Crippen molar-refractivity contribution < 1.29 is 41.0 Å². The molecule has 12 heteroatoms. The molecule has 2 aromatic heterocycles. The normalized spacial score (nSPS) is 12.1. The molecule has 0 aliphatic carbocycles. The maximum absolute atomic E-state index is 14.9. The fourth-order valence-corrected chi connectivity index (χ4v) is 4.63. The van der Waals surface area contributed by atoms with Crippen molar-refractivity contribution >= 4 is 25.1 Å². The lowest BCUT2D eigenvalue weighted by Gasteiger charge is -2.15. The molecular weight excluding hydrogens is 551 g/mol. The van der Waals surface area contributed by atoms with Crippen LogP contribution in [0.15, 0.2) is 60.9 Å². The molecule has 4 rings (SSSR count). The second-order valence-electron chi connectivity index (χ2n) is 10.3. The maximum Gasteiger partial charge on any atom is 0.418 e. The molecule has 0 atom stereocenters. The Morgan fingerprint density at radius 3 is 2.33 bits per heavy atom. The summed E-state index contributed by atoms with van der Waals surface area (Å²) in [5, 5.41) is -0.460. The van der Waals surface area contributed by atoms with E-state index in [0.29, 0.717) is 6.61 Å². The molecule has 4 aromatic rings. The fourth-order valence-electron chi connectivity index (χ4n) is 3.87. The molecule has 0 unspecified atom stereocenters. The van der Waals surface area contributed by atoms with E-state index in [4.69, 9.17) is 14.2 Å². The van der Waals surface area contributed by atoms with E-state index >= 15 is 0 Å². The molecule has 0 saturated heterocycles. The average Bonchev–Trinajstić information content (AvgIpc) is 3.24. The summed E-state index contributed by atoms with van der Waals surface area (Å²) in [7, 11) is -1.41. The minimum Gasteiger partial charge on any atom is -0.450 e. The highest BCUT2D eigenvalue weighted by Crippen LogP contribution is 2.42. The van der Waals surface area contributed by atoms with Gasteiger partial charge in [0.15, 0.2) is 17.4 Å². The van der Waals surface area contributed by atoms with Crippen molar-refractivity contribution in [2.24, 2.45) is 0 Å². The Morgan fingerprint density at radius 1 is 1.02 bits per heavy atom. The van der Waals surface area contributed by atoms with E-state index in [1.54, 1.807) is 30.3 Å². The lowest BCUT2D eigenvalue weighted by atomic mass is 10.1. The molecule has 2 heterocycles. The molecule has 6 nitrogen and oxygen atoms in total. The third-order valence-electron chi connectivity index (χ3n) is 5.84. The van der Waals surface area contributed by atoms with E-state index in [1.165, 1.54) is 10.8 Å². The van der Waals surface area contributed by atoms with E-state index in [2.05, 4.69) is 24.6 Å². The number of carbonyl (C=O) groups is 1. The number of para-hydroxylation sites is 1. The van der Waals surface area contributed by atoms with Crippen LogP contribution in [-0.4, -0.2) is 30.2 Å². The number of ether oxygens (including phenoxy) is 3. The van der Waals surface area contributed by atoms with E-state index < -0.39 is 60.7 Å². The second-order valence-corrected chi connectivity index (χ2v) is 15.9. The Balaban J connectivity index is 1.59. The standard InChI is InChI=1S/C28H27F5N2O4Si/c1-40(2,3)12-11-37-17-35-16-20(28(31,32)33)25-23(9-10-34-27(25)35)39-26-21(29)13-18(14-22(26)30)15-24(36)38-19-7-5-4-6-8-19/h4-10,13-14,16H,11-12,15,17H2,1-3H3. The van der Waals surface area contributed by atoms with Crippen LogP contribution in [0.3, 0.4) is 0 Å². The summed E-state index contributed by atoms with van der Waals surface area (Å²) >= 11 is 0. The zero-order valence-electron chi connectivity index (χ0n) is 22.0. The number of rotatable bonds is 10. The zero-order chi connectivity index (χ0) is 29.1. The number of fused-ring (bicyclic) bond motifs is 1. The molecule has 2 aromatic carbocycles. The lowest BCUT2D eigenvalue weighted by Crippen LogP contribution is -2.22. The van der Waals surface area contributed by atoms with Gasteiger partial charge in [0.05, 0.1) is 17.4 Å². The number of alkyl halides is 3. The van der Waals surface area contributed by atoms with Crippen molar-refractivity contribution in [3.63, 3.8) is 0 Å². The van der Waals surface area contributed by atoms with Gasteiger partial charge in [-0.3, -0.25) is 4.79 Å². The van der Waals surface area contributed by atoms with Gasteiger partial charge >= 0.3 is 12.1 Å². The highest BCUT2D eigenvalue weighted by Gasteiger charge is 2.37. The Kier molecular flexibility index (Phi) is 8.59. The largest absolute Gasteiger partial charge is 0.450 e. The van der Waals surface area contributed by atoms with Crippen molar-refractivity contribution in [1.82, 2.24) is 9.55 Å². The quantitative estimate of drug-likeness (QED) is 0.0638. The second kappa shape index (κ2) is 11.8. The van der Waals surface area contributed by atoms with Gasteiger partial charge in [-0.25, -0.2) is 13.8 Å². The number of esters is 1. The fraction of sp³-hybridized carbons (Fsp3) is 0.286. The number of hydrogen-bond acceptors (Lipinski definition) is 5. The van der Waals surface area contributed by atoms with Gasteiger partial charge in [0.1, 0.15) is 23.9 Å². The van der Waals surface area contributed by atoms with E-state index in [1.807, 2.05) is 0 Å². The molecule has 0 spiro atoms. The van der Waals surface area contributed by atoms with Crippen LogP contribution < -0.4 is 9.47 Å². The molecule has 0 fully saturated rings. The summed E-state index contributed by atoms with van der Waals surface area (Å²) in [5.41, 5.74) is -1.24. The predicted molar refractivity (Wildman–Crippen MR) is 141 cm³/mol. The summed E-state index contributed by atoms with van der Waals surface area (Å²) in [5.74, 6) is -4.24. The summed E-state index contributed by atoms with van der Waals surface area (Å²) in [6.07, 6.45) is -3.22. The predicted octanol–water partition coefficient (Wildman–Crippen LogP) is 7.59. The molecular formula is C28H27F5N2O4Si. The smallest absolute Gasteiger partial charge is 0.418 e. The number of hydrogen-bond donors (Lipinski definition) is 0. The van der Waals surface area contributed by atoms with Crippen LogP contribution in [0.4, 0.5) is 22.0 Å². The molecule has 0 amide bonds. The molecule has 0 aliphatic rings. The summed E-state index contributed by atoms with van der Waals surface area (Å²) in [4.78, 5) is 16.2. The van der Waals surface area contributed by atoms with Crippen LogP contribution in [0.2, 0.25) is 25.7 Å². The van der Waals surface area contributed by atoms with Crippen LogP contribution in [0.5, 0.6) is 17.2 Å². The molecule has 212 valence electrons. The third kappa shape index (κ3) is 7.24. The monoisotopic (exact) mass is 578 g/mol. The van der Waals surface area contributed by atoms with Gasteiger partial charge in [0, 0.05) is 27.1 Å². The van der Waals surface area contributed by atoms with E-state index in [9.17, 15) is 26.7 Å². The molecule has 0 aliphatic heterocycles. The highest BCUT2D eigenvalue weighted by molar-refractivity contribution is 6.76. The van der Waals surface area contributed by atoms with Gasteiger partial charge in [-0.05, 0) is 41.9 Å². The zero-order valence-corrected chi connectivity index (χ0v) is 23.0. The Hall–Kier alpha value is -3.77. The first-order valence-corrected chi connectivity index (χ1v) is 16.1. The average molecular weight is 579 g/mol. The number of aromatic nitrogens is 2. The van der Waals surface area contributed by atoms with Crippen molar-refractivity contribution in [2.75, 3.05) is 6.61 Å². The maximum atomic E-state index is 14.9. The van der Waals surface area contributed by atoms with Crippen molar-refractivity contribution in [2.45, 2.75) is 45.0 Å². The molecule has 0 saturated carbocycles. The van der Waals surface area contributed by atoms with E-state index in [0.717, 1.165) is 30.4 Å². The summed E-state index contributed by atoms with van der Waals surface area (Å²) < 4.78 is 89.0. The van der Waals surface area contributed by atoms with Crippen LogP contribution >= 0.6 is 0 Å². The highest BCUT2D eigenvalue weighted by atomic mass is 28.3. The number of pyridine rings is 1. The molecule has 0 radical (unpaired) electrons. The van der Waals surface area contributed by atoms with Gasteiger partial charge in [-0.2, -0.15) is 13.2 Å². The van der Waals surface area contributed by atoms with Gasteiger partial charge in [-0.1, -0.05) is 37.8 Å². The third-order valence-corrected chi connectivity index (χ3v) is 7.55. The van der Waals surface area contributed by atoms with Crippen molar-refractivity contribution in [3.8, 4) is 17.2 Å². The summed E-state index contributed by atoms with van der Waals surface area (Å²) in [6.45, 7) is 6.62. The first-order valence-electron chi connectivity index (χ1n) is 12.4. The lowest BCUT2D eigenvalue weighted by molar-refractivity contribution is -0.136. The number of halogens is 5. The topological polar surface area (TPSA) is 62.6 Å². The number of benzene rings is 2. The van der Waals surface area contributed by atoms with Crippen LogP contribution in [0, 0.1) is 11.6 Å². The first kappa shape index (κ1) is 29.2. The molecule has 40 heavy (non-hydrogen) atoms. The Morgan fingerprint density at radius 2 is 1.70 bits per heavy atom. The van der Waals surface area contributed by atoms with Crippen LogP contribution in [-0.2, 0) is 28.9 Å². The minimum atomic E-state index is -4.80. The van der Waals surface area contributed by atoms with Crippen LogP contribution in [0.1, 0.15) is 11.1 Å². The number of nitrogens with zero attached hydrogens (tertiary/aromatic N) is 2. The van der Waals surface area contributed by atoms with E-state index in [-0.39, 0.29) is 23.7 Å². The van der Waals surface area contributed by atoms with Crippen molar-refractivity contribution in [3.05, 3.63) is 83.7 Å². The minimum absolute atomic E-state index is 0.0410. The molecule has 0 bridgehead atoms. The van der Waals surface area contributed by atoms with Gasteiger partial charge in [0.2, 0.25) is 0 Å².